The van der Waals surface area contributed by atoms with Crippen LogP contribution in [0.15, 0.2) is 11.1 Å². The lowest BCUT2D eigenvalue weighted by Gasteiger charge is -2.22. The monoisotopic (exact) mass is 438 g/mol. The second-order valence-corrected chi connectivity index (χ2v) is 9.90. The quantitative estimate of drug-likeness (QED) is 0.124. The van der Waals surface area contributed by atoms with Gasteiger partial charge in [-0.3, -0.25) is 0 Å². The molecule has 0 radical (unpaired) electrons. The smallest absolute Gasteiger partial charge is 0.334 e. The van der Waals surface area contributed by atoms with Crippen LogP contribution in [0.4, 0.5) is 0 Å². The molecule has 4 nitrogen and oxygen atoms in total. The molecule has 182 valence electrons. The van der Waals surface area contributed by atoms with Crippen LogP contribution in [-0.2, 0) is 19.1 Å². The molecule has 0 unspecified atom stereocenters. The van der Waals surface area contributed by atoms with Gasteiger partial charge in [0.15, 0.2) is 0 Å². The average Bonchev–Trinajstić information content (AvgIpc) is 2.71. The minimum atomic E-state index is -0.342. The van der Waals surface area contributed by atoms with Crippen LogP contribution in [-0.4, -0.2) is 25.2 Å². The molecule has 0 heterocycles. The summed E-state index contributed by atoms with van der Waals surface area (Å²) in [7, 11) is 0. The molecule has 0 atom stereocenters. The third kappa shape index (κ3) is 16.0. The van der Waals surface area contributed by atoms with Gasteiger partial charge in [0.25, 0.3) is 0 Å². The normalized spacial score (nSPS) is 12.5. The Kier molecular flexibility index (Phi) is 17.5. The van der Waals surface area contributed by atoms with Crippen LogP contribution in [0, 0.1) is 5.41 Å². The molecular formula is C27H50O4. The van der Waals surface area contributed by atoms with Crippen LogP contribution < -0.4 is 0 Å². The van der Waals surface area contributed by atoms with Crippen molar-refractivity contribution < 1.29 is 19.1 Å². The lowest BCUT2D eigenvalue weighted by molar-refractivity contribution is -0.143. The van der Waals surface area contributed by atoms with Crippen molar-refractivity contribution in [3.05, 3.63) is 11.1 Å². The molecule has 0 amide bonds. The van der Waals surface area contributed by atoms with Crippen molar-refractivity contribution in [1.82, 2.24) is 0 Å². The fourth-order valence-electron chi connectivity index (χ4n) is 3.44. The molecular weight excluding hydrogens is 388 g/mol. The summed E-state index contributed by atoms with van der Waals surface area (Å²) >= 11 is 0. The van der Waals surface area contributed by atoms with Crippen LogP contribution in [0.1, 0.15) is 131 Å². The van der Waals surface area contributed by atoms with Gasteiger partial charge in [0, 0.05) is 11.1 Å². The fourth-order valence-corrected chi connectivity index (χ4v) is 3.44. The Labute approximate surface area is 192 Å². The molecule has 0 saturated heterocycles. The predicted molar refractivity (Wildman–Crippen MR) is 130 cm³/mol. The molecule has 0 bridgehead atoms. The van der Waals surface area contributed by atoms with Crippen LogP contribution in [0.5, 0.6) is 0 Å². The molecule has 0 rings (SSSR count). The van der Waals surface area contributed by atoms with Crippen LogP contribution >= 0.6 is 0 Å². The van der Waals surface area contributed by atoms with E-state index in [1.54, 1.807) is 0 Å². The average molecular weight is 439 g/mol. The first kappa shape index (κ1) is 29.7. The predicted octanol–water partition coefficient (Wildman–Crippen LogP) is 7.94. The van der Waals surface area contributed by atoms with Gasteiger partial charge in [-0.15, -0.1) is 0 Å². The number of esters is 2. The Hall–Kier alpha value is -1.32. The summed E-state index contributed by atoms with van der Waals surface area (Å²) in [5, 5.41) is 0. The third-order valence-corrected chi connectivity index (χ3v) is 5.31. The lowest BCUT2D eigenvalue weighted by Crippen LogP contribution is -2.21. The minimum absolute atomic E-state index is 0.118. The lowest BCUT2D eigenvalue weighted by atomic mass is 9.85. The zero-order chi connectivity index (χ0) is 23.5. The van der Waals surface area contributed by atoms with Gasteiger partial charge in [-0.25, -0.2) is 9.59 Å². The molecule has 0 aromatic carbocycles. The highest BCUT2D eigenvalue weighted by atomic mass is 16.5. The van der Waals surface area contributed by atoms with E-state index in [4.69, 9.17) is 9.47 Å². The number of unbranched alkanes of at least 4 members (excludes halogenated alkanes) is 9. The molecule has 0 saturated carbocycles. The maximum absolute atomic E-state index is 12.9. The Morgan fingerprint density at radius 2 is 1.00 bits per heavy atom. The first-order valence-corrected chi connectivity index (χ1v) is 12.8. The van der Waals surface area contributed by atoms with Crippen LogP contribution in [0.2, 0.25) is 0 Å². The Balaban J connectivity index is 5.27. The van der Waals surface area contributed by atoms with E-state index in [0.29, 0.717) is 37.2 Å². The van der Waals surface area contributed by atoms with E-state index >= 15 is 0 Å². The largest absolute Gasteiger partial charge is 0.462 e. The van der Waals surface area contributed by atoms with E-state index in [9.17, 15) is 9.59 Å². The molecule has 0 aliphatic rings. The Morgan fingerprint density at radius 1 is 0.581 bits per heavy atom. The molecule has 0 aliphatic heterocycles. The highest BCUT2D eigenvalue weighted by molar-refractivity contribution is 6.00. The van der Waals surface area contributed by atoms with Gasteiger partial charge < -0.3 is 9.47 Å². The number of carbonyl (C=O) groups is 2. The van der Waals surface area contributed by atoms with E-state index in [0.717, 1.165) is 38.5 Å². The zero-order valence-corrected chi connectivity index (χ0v) is 21.4. The summed E-state index contributed by atoms with van der Waals surface area (Å²) in [5.74, 6) is -0.673. The zero-order valence-electron chi connectivity index (χ0n) is 21.4. The summed E-state index contributed by atoms with van der Waals surface area (Å²) in [4.78, 5) is 25.8. The van der Waals surface area contributed by atoms with E-state index < -0.39 is 0 Å². The minimum Gasteiger partial charge on any atom is -0.462 e. The van der Waals surface area contributed by atoms with Crippen molar-refractivity contribution in [2.45, 2.75) is 131 Å². The van der Waals surface area contributed by atoms with Gasteiger partial charge in [0.2, 0.25) is 0 Å². The maximum Gasteiger partial charge on any atom is 0.334 e. The van der Waals surface area contributed by atoms with Gasteiger partial charge in [0.1, 0.15) is 0 Å². The molecule has 0 fully saturated rings. The van der Waals surface area contributed by atoms with Gasteiger partial charge in [-0.2, -0.15) is 0 Å². The molecule has 0 spiro atoms. The van der Waals surface area contributed by atoms with E-state index in [1.807, 2.05) is 0 Å². The van der Waals surface area contributed by atoms with E-state index in [2.05, 4.69) is 41.5 Å². The Morgan fingerprint density at radius 3 is 1.45 bits per heavy atom. The maximum atomic E-state index is 12.9. The van der Waals surface area contributed by atoms with Crippen molar-refractivity contribution in [3.8, 4) is 0 Å². The van der Waals surface area contributed by atoms with Crippen molar-refractivity contribution in [1.29, 1.82) is 0 Å². The van der Waals surface area contributed by atoms with Crippen molar-refractivity contribution in [2.75, 3.05) is 13.2 Å². The highest BCUT2D eigenvalue weighted by Gasteiger charge is 2.27. The van der Waals surface area contributed by atoms with Gasteiger partial charge in [0.05, 0.1) is 13.2 Å². The first-order chi connectivity index (χ1) is 14.8. The Bertz CT molecular complexity index is 514. The summed E-state index contributed by atoms with van der Waals surface area (Å²) in [5.41, 5.74) is 0.944. The van der Waals surface area contributed by atoms with Crippen molar-refractivity contribution >= 4 is 11.9 Å². The van der Waals surface area contributed by atoms with Gasteiger partial charge >= 0.3 is 11.9 Å². The summed E-state index contributed by atoms with van der Waals surface area (Å²) < 4.78 is 11.1. The SMILES string of the molecule is CCCCCCCCCC/C(C(=O)OCCCC)=C(\CC(C)(C)C)C(=O)OCCCC. The molecule has 31 heavy (non-hydrogen) atoms. The highest BCUT2D eigenvalue weighted by Crippen LogP contribution is 2.29. The molecule has 4 heteroatoms. The number of hydrogen-bond acceptors (Lipinski definition) is 4. The van der Waals surface area contributed by atoms with Gasteiger partial charge in [-0.1, -0.05) is 99.3 Å². The summed E-state index contributed by atoms with van der Waals surface area (Å²) in [6, 6.07) is 0. The first-order valence-electron chi connectivity index (χ1n) is 12.8. The van der Waals surface area contributed by atoms with E-state index in [-0.39, 0.29) is 17.4 Å². The van der Waals surface area contributed by atoms with E-state index in [1.165, 1.54) is 38.5 Å². The number of rotatable bonds is 18. The third-order valence-electron chi connectivity index (χ3n) is 5.31. The number of carbonyl (C=O) groups excluding carboxylic acids is 2. The van der Waals surface area contributed by atoms with Gasteiger partial charge in [-0.05, 0) is 37.5 Å². The second kappa shape index (κ2) is 18.3. The molecule has 0 aliphatic carbocycles. The fraction of sp³-hybridized carbons (Fsp3) is 0.852. The number of hydrogen-bond donors (Lipinski definition) is 0. The van der Waals surface area contributed by atoms with Crippen LogP contribution in [0.3, 0.4) is 0 Å². The number of ether oxygens (including phenoxy) is 2. The summed E-state index contributed by atoms with van der Waals surface area (Å²) in [6.45, 7) is 13.4. The van der Waals surface area contributed by atoms with Crippen molar-refractivity contribution in [2.24, 2.45) is 5.41 Å². The molecule has 0 N–H and O–H groups in total. The standard InChI is InChI=1S/C27H50O4/c1-7-10-13-14-15-16-17-18-19-23(25(28)30-20-11-8-2)24(22-27(4,5)6)26(29)31-21-12-9-3/h7-22H2,1-6H3/b24-23-. The van der Waals surface area contributed by atoms with Crippen molar-refractivity contribution in [3.63, 3.8) is 0 Å². The molecule has 0 aromatic rings. The summed E-state index contributed by atoms with van der Waals surface area (Å²) in [6.07, 6.45) is 14.3. The van der Waals surface area contributed by atoms with Crippen LogP contribution in [0.25, 0.3) is 0 Å². The topological polar surface area (TPSA) is 52.6 Å². The molecule has 0 aromatic heterocycles. The second-order valence-electron chi connectivity index (χ2n) is 9.90.